The van der Waals surface area contributed by atoms with Gasteiger partial charge in [0.2, 0.25) is 5.91 Å². The third kappa shape index (κ3) is 4.95. The fourth-order valence-corrected chi connectivity index (χ4v) is 4.26. The largest absolute Gasteiger partial charge is 0.469 e. The van der Waals surface area contributed by atoms with Crippen LogP contribution in [-0.4, -0.2) is 20.7 Å². The minimum absolute atomic E-state index is 0.0593. The zero-order valence-electron chi connectivity index (χ0n) is 17.6. The molecule has 0 aliphatic carbocycles. The standard InChI is InChI=1S/C23H19F3N4O2S/c1-14-18(11-12-32-14)20-28-29-22(30(20)2)33-19(15-7-4-3-5-8-15)21(31)27-17-10-6-9-16(13-17)23(24,25)26/h3-13,19H,1-2H3,(H,27,31)/t19-/m1/s1. The SMILES string of the molecule is Cc1occc1-c1nnc(S[C@@H](C(=O)Nc2cccc(C(F)(F)F)c2)c2ccccc2)n1C. The van der Waals surface area contributed by atoms with E-state index in [9.17, 15) is 18.0 Å². The Morgan fingerprint density at radius 1 is 1.09 bits per heavy atom. The first-order valence-electron chi connectivity index (χ1n) is 9.87. The molecule has 2 aromatic heterocycles. The van der Waals surface area contributed by atoms with Crippen molar-refractivity contribution in [3.63, 3.8) is 0 Å². The number of amides is 1. The zero-order valence-corrected chi connectivity index (χ0v) is 18.4. The van der Waals surface area contributed by atoms with E-state index in [1.165, 1.54) is 12.1 Å². The van der Waals surface area contributed by atoms with Crippen LogP contribution >= 0.6 is 11.8 Å². The number of carbonyl (C=O) groups excluding carboxylic acids is 1. The van der Waals surface area contributed by atoms with Crippen molar-refractivity contribution in [1.29, 1.82) is 0 Å². The molecule has 0 bridgehead atoms. The van der Waals surface area contributed by atoms with Gasteiger partial charge in [-0.05, 0) is 36.8 Å². The number of rotatable bonds is 6. The maximum Gasteiger partial charge on any atom is 0.416 e. The van der Waals surface area contributed by atoms with Crippen LogP contribution in [-0.2, 0) is 18.0 Å². The normalized spacial score (nSPS) is 12.5. The van der Waals surface area contributed by atoms with Crippen LogP contribution in [0.4, 0.5) is 18.9 Å². The summed E-state index contributed by atoms with van der Waals surface area (Å²) in [6, 6.07) is 15.3. The second-order valence-electron chi connectivity index (χ2n) is 7.23. The smallest absolute Gasteiger partial charge is 0.416 e. The van der Waals surface area contributed by atoms with E-state index in [4.69, 9.17) is 4.42 Å². The van der Waals surface area contributed by atoms with Gasteiger partial charge in [-0.1, -0.05) is 48.2 Å². The minimum atomic E-state index is -4.51. The first-order valence-corrected chi connectivity index (χ1v) is 10.8. The average Bonchev–Trinajstić information content (AvgIpc) is 3.37. The van der Waals surface area contributed by atoms with Crippen LogP contribution in [0.2, 0.25) is 0 Å². The number of nitrogens with one attached hydrogen (secondary N) is 1. The average molecular weight is 472 g/mol. The second-order valence-corrected chi connectivity index (χ2v) is 8.30. The number of furan rings is 1. The lowest BCUT2D eigenvalue weighted by molar-refractivity contribution is -0.137. The molecule has 1 N–H and O–H groups in total. The maximum absolute atomic E-state index is 13.2. The Kier molecular flexibility index (Phi) is 6.28. The summed E-state index contributed by atoms with van der Waals surface area (Å²) in [5.41, 5.74) is 0.680. The Morgan fingerprint density at radius 3 is 2.52 bits per heavy atom. The summed E-state index contributed by atoms with van der Waals surface area (Å²) in [6.07, 6.45) is -2.95. The lowest BCUT2D eigenvalue weighted by Crippen LogP contribution is -2.20. The summed E-state index contributed by atoms with van der Waals surface area (Å²) < 4.78 is 46.3. The number of hydrogen-bond acceptors (Lipinski definition) is 5. The van der Waals surface area contributed by atoms with Gasteiger partial charge in [-0.25, -0.2) is 0 Å². The van der Waals surface area contributed by atoms with E-state index in [1.807, 2.05) is 13.0 Å². The lowest BCUT2D eigenvalue weighted by Gasteiger charge is -2.17. The Labute approximate surface area is 191 Å². The number of hydrogen-bond donors (Lipinski definition) is 1. The highest BCUT2D eigenvalue weighted by atomic mass is 32.2. The van der Waals surface area contributed by atoms with E-state index in [2.05, 4.69) is 15.5 Å². The van der Waals surface area contributed by atoms with Crippen LogP contribution < -0.4 is 5.32 Å². The van der Waals surface area contributed by atoms with Crippen LogP contribution in [0.25, 0.3) is 11.4 Å². The molecule has 170 valence electrons. The molecule has 0 spiro atoms. The quantitative estimate of drug-likeness (QED) is 0.355. The summed E-state index contributed by atoms with van der Waals surface area (Å²) in [5, 5.41) is 10.7. The van der Waals surface area contributed by atoms with Gasteiger partial charge in [0.1, 0.15) is 11.0 Å². The van der Waals surface area contributed by atoms with E-state index < -0.39 is 22.9 Å². The second kappa shape index (κ2) is 9.14. The highest BCUT2D eigenvalue weighted by Crippen LogP contribution is 2.37. The fourth-order valence-electron chi connectivity index (χ4n) is 3.26. The topological polar surface area (TPSA) is 72.9 Å². The van der Waals surface area contributed by atoms with Gasteiger partial charge in [0, 0.05) is 12.7 Å². The number of anilines is 1. The molecule has 0 aliphatic heterocycles. The summed E-state index contributed by atoms with van der Waals surface area (Å²) in [5.74, 6) is 0.785. The van der Waals surface area contributed by atoms with Gasteiger partial charge in [0.25, 0.3) is 0 Å². The number of benzene rings is 2. The van der Waals surface area contributed by atoms with Crippen molar-refractivity contribution in [3.8, 4) is 11.4 Å². The molecule has 0 radical (unpaired) electrons. The molecular weight excluding hydrogens is 453 g/mol. The highest BCUT2D eigenvalue weighted by molar-refractivity contribution is 8.00. The number of aromatic nitrogens is 3. The van der Waals surface area contributed by atoms with Gasteiger partial charge < -0.3 is 14.3 Å². The van der Waals surface area contributed by atoms with Crippen LogP contribution in [0.5, 0.6) is 0 Å². The van der Waals surface area contributed by atoms with Crippen molar-refractivity contribution in [2.75, 3.05) is 5.32 Å². The molecule has 1 amide bonds. The molecule has 0 saturated carbocycles. The Balaban J connectivity index is 1.63. The van der Waals surface area contributed by atoms with Crippen molar-refractivity contribution < 1.29 is 22.4 Å². The Hall–Kier alpha value is -3.53. The number of thioether (sulfide) groups is 1. The Morgan fingerprint density at radius 2 is 1.85 bits per heavy atom. The number of carbonyl (C=O) groups is 1. The molecule has 2 aromatic carbocycles. The number of aryl methyl sites for hydroxylation is 1. The summed E-state index contributed by atoms with van der Waals surface area (Å²) in [4.78, 5) is 13.2. The molecule has 0 fully saturated rings. The molecule has 10 heteroatoms. The number of nitrogens with zero attached hydrogens (tertiary/aromatic N) is 3. The fraction of sp³-hybridized carbons (Fsp3) is 0.174. The maximum atomic E-state index is 13.2. The van der Waals surface area contributed by atoms with Gasteiger partial charge in [-0.15, -0.1) is 10.2 Å². The van der Waals surface area contributed by atoms with E-state index in [0.717, 1.165) is 29.5 Å². The summed E-state index contributed by atoms with van der Waals surface area (Å²) in [6.45, 7) is 1.81. The molecule has 0 aliphatic rings. The molecule has 4 rings (SSSR count). The minimum Gasteiger partial charge on any atom is -0.469 e. The molecule has 6 nitrogen and oxygen atoms in total. The summed E-state index contributed by atoms with van der Waals surface area (Å²) >= 11 is 1.15. The molecular formula is C23H19F3N4O2S. The van der Waals surface area contributed by atoms with Crippen LogP contribution in [0.3, 0.4) is 0 Å². The first-order chi connectivity index (χ1) is 15.7. The van der Waals surface area contributed by atoms with Gasteiger partial charge in [-0.2, -0.15) is 13.2 Å². The summed E-state index contributed by atoms with van der Waals surface area (Å²) in [7, 11) is 1.77. The predicted molar refractivity (Wildman–Crippen MR) is 119 cm³/mol. The van der Waals surface area contributed by atoms with Crippen molar-refractivity contribution in [3.05, 3.63) is 83.8 Å². The zero-order chi connectivity index (χ0) is 23.6. The van der Waals surface area contributed by atoms with Gasteiger partial charge in [0.15, 0.2) is 11.0 Å². The predicted octanol–water partition coefficient (Wildman–Crippen LogP) is 5.87. The van der Waals surface area contributed by atoms with Crippen molar-refractivity contribution >= 4 is 23.4 Å². The van der Waals surface area contributed by atoms with Gasteiger partial charge >= 0.3 is 6.18 Å². The van der Waals surface area contributed by atoms with Gasteiger partial charge in [0.05, 0.1) is 17.4 Å². The highest BCUT2D eigenvalue weighted by Gasteiger charge is 2.31. The van der Waals surface area contributed by atoms with Crippen LogP contribution in [0, 0.1) is 6.92 Å². The molecule has 0 saturated heterocycles. The van der Waals surface area contributed by atoms with E-state index in [1.54, 1.807) is 48.2 Å². The number of alkyl halides is 3. The molecule has 0 unspecified atom stereocenters. The molecule has 33 heavy (non-hydrogen) atoms. The van der Waals surface area contributed by atoms with E-state index in [0.29, 0.717) is 22.3 Å². The third-order valence-electron chi connectivity index (χ3n) is 4.96. The van der Waals surface area contributed by atoms with Crippen LogP contribution in [0.1, 0.15) is 22.1 Å². The monoisotopic (exact) mass is 472 g/mol. The Bertz CT molecular complexity index is 1270. The van der Waals surface area contributed by atoms with Crippen molar-refractivity contribution in [1.82, 2.24) is 14.8 Å². The van der Waals surface area contributed by atoms with Crippen LogP contribution in [0.15, 0.2) is 76.5 Å². The molecule has 2 heterocycles. The van der Waals surface area contributed by atoms with E-state index in [-0.39, 0.29) is 5.69 Å². The van der Waals surface area contributed by atoms with Crippen molar-refractivity contribution in [2.45, 2.75) is 23.5 Å². The van der Waals surface area contributed by atoms with Gasteiger partial charge in [-0.3, -0.25) is 4.79 Å². The lowest BCUT2D eigenvalue weighted by atomic mass is 10.1. The first kappa shape index (κ1) is 22.7. The van der Waals surface area contributed by atoms with Crippen molar-refractivity contribution in [2.24, 2.45) is 7.05 Å². The molecule has 4 aromatic rings. The number of halogens is 3. The van der Waals surface area contributed by atoms with E-state index >= 15 is 0 Å². The third-order valence-corrected chi connectivity index (χ3v) is 6.24. The molecule has 1 atom stereocenters.